The van der Waals surface area contributed by atoms with Crippen LogP contribution in [0, 0.1) is 11.3 Å². The largest absolute Gasteiger partial charge is 0.393 e. The second-order valence-corrected chi connectivity index (χ2v) is 6.78. The van der Waals surface area contributed by atoms with Crippen molar-refractivity contribution in [2.45, 2.75) is 58.9 Å². The molecule has 0 spiro atoms. The molecule has 1 amide bonds. The summed E-state index contributed by atoms with van der Waals surface area (Å²) in [6.45, 7) is 6.43. The maximum atomic E-state index is 12.6. The van der Waals surface area contributed by atoms with Gasteiger partial charge in [0, 0.05) is 25.4 Å². The van der Waals surface area contributed by atoms with Gasteiger partial charge in [0.1, 0.15) is 0 Å². The Morgan fingerprint density at radius 3 is 2.61 bits per heavy atom. The third kappa shape index (κ3) is 3.67. The van der Waals surface area contributed by atoms with Crippen molar-refractivity contribution in [3.05, 3.63) is 0 Å². The van der Waals surface area contributed by atoms with Crippen LogP contribution in [0.2, 0.25) is 0 Å². The minimum atomic E-state index is 0.0905. The zero-order valence-electron chi connectivity index (χ0n) is 12.0. The second kappa shape index (κ2) is 6.00. The summed E-state index contributed by atoms with van der Waals surface area (Å²) in [5.41, 5.74) is 5.67. The molecule has 1 saturated carbocycles. The van der Waals surface area contributed by atoms with Gasteiger partial charge in [0.2, 0.25) is 5.91 Å². The molecule has 2 unspecified atom stereocenters. The third-order valence-corrected chi connectivity index (χ3v) is 4.48. The summed E-state index contributed by atoms with van der Waals surface area (Å²) in [5, 5.41) is 0. The van der Waals surface area contributed by atoms with Crippen molar-refractivity contribution in [1.29, 1.82) is 0 Å². The first kappa shape index (κ1) is 15.4. The van der Waals surface area contributed by atoms with Gasteiger partial charge < -0.3 is 10.6 Å². The summed E-state index contributed by atoms with van der Waals surface area (Å²) in [6.07, 6.45) is 5.15. The smallest absolute Gasteiger partial charge is 0.226 e. The van der Waals surface area contributed by atoms with Crippen molar-refractivity contribution in [2.75, 3.05) is 7.05 Å². The van der Waals surface area contributed by atoms with Gasteiger partial charge in [0.25, 0.3) is 0 Å². The molecule has 0 heterocycles. The number of nitrogens with zero attached hydrogens (tertiary/aromatic N) is 1. The van der Waals surface area contributed by atoms with Crippen LogP contribution in [-0.4, -0.2) is 28.9 Å². The van der Waals surface area contributed by atoms with Crippen LogP contribution in [0.1, 0.15) is 52.9 Å². The molecule has 1 fully saturated rings. The Labute approximate surface area is 116 Å². The topological polar surface area (TPSA) is 46.3 Å². The van der Waals surface area contributed by atoms with Gasteiger partial charge in [-0.25, -0.2) is 0 Å². The Kier molecular flexibility index (Phi) is 5.14. The molecular weight excluding hydrogens is 244 g/mol. The lowest BCUT2D eigenvalue weighted by atomic mass is 9.68. The molecule has 0 aliphatic heterocycles. The highest BCUT2D eigenvalue weighted by atomic mass is 32.1. The standard InChI is InChI=1S/C14H26N2OS/c1-10(9-12(15)18)16(4)13(17)11-7-5-6-8-14(11,2)3/h10-11H,5-9H2,1-4H3,(H2,15,18). The molecule has 1 rings (SSSR count). The molecule has 3 nitrogen and oxygen atoms in total. The van der Waals surface area contributed by atoms with Gasteiger partial charge >= 0.3 is 0 Å². The van der Waals surface area contributed by atoms with Gasteiger partial charge in [0.05, 0.1) is 4.99 Å². The summed E-state index contributed by atoms with van der Waals surface area (Å²) >= 11 is 4.92. The van der Waals surface area contributed by atoms with Gasteiger partial charge in [-0.2, -0.15) is 0 Å². The lowest BCUT2D eigenvalue weighted by Gasteiger charge is -2.40. The first-order valence-electron chi connectivity index (χ1n) is 6.80. The summed E-state index contributed by atoms with van der Waals surface area (Å²) in [6, 6.07) is 0.0905. The maximum absolute atomic E-state index is 12.6. The second-order valence-electron chi connectivity index (χ2n) is 6.26. The normalized spacial score (nSPS) is 24.3. The molecule has 0 radical (unpaired) electrons. The van der Waals surface area contributed by atoms with Crippen LogP contribution in [0.5, 0.6) is 0 Å². The lowest BCUT2D eigenvalue weighted by molar-refractivity contribution is -0.141. The van der Waals surface area contributed by atoms with Gasteiger partial charge in [-0.1, -0.05) is 38.9 Å². The highest BCUT2D eigenvalue weighted by Gasteiger charge is 2.39. The summed E-state index contributed by atoms with van der Waals surface area (Å²) in [7, 11) is 1.87. The van der Waals surface area contributed by atoms with Gasteiger partial charge in [-0.15, -0.1) is 0 Å². The van der Waals surface area contributed by atoms with E-state index in [-0.39, 0.29) is 23.3 Å². The molecule has 0 saturated heterocycles. The SMILES string of the molecule is CC(CC(N)=S)N(C)C(=O)C1CCCCC1(C)C. The first-order valence-corrected chi connectivity index (χ1v) is 7.21. The molecule has 0 aromatic rings. The highest BCUT2D eigenvalue weighted by molar-refractivity contribution is 7.80. The number of carbonyl (C=O) groups is 1. The molecule has 4 heteroatoms. The summed E-state index contributed by atoms with van der Waals surface area (Å²) in [5.74, 6) is 0.397. The molecule has 104 valence electrons. The van der Waals surface area contributed by atoms with E-state index in [1.165, 1.54) is 6.42 Å². The molecule has 18 heavy (non-hydrogen) atoms. The fraction of sp³-hybridized carbons (Fsp3) is 0.857. The number of nitrogens with two attached hydrogens (primary N) is 1. The van der Waals surface area contributed by atoms with Crippen molar-refractivity contribution in [1.82, 2.24) is 4.90 Å². The Hall–Kier alpha value is -0.640. The van der Waals surface area contributed by atoms with Gasteiger partial charge in [0.15, 0.2) is 0 Å². The van der Waals surface area contributed by atoms with Crippen LogP contribution in [-0.2, 0) is 4.79 Å². The number of carbonyl (C=O) groups excluding carboxylic acids is 1. The minimum Gasteiger partial charge on any atom is -0.393 e. The van der Waals surface area contributed by atoms with Crippen LogP contribution in [0.15, 0.2) is 0 Å². The molecule has 2 atom stereocenters. The molecule has 1 aliphatic rings. The molecular formula is C14H26N2OS. The van der Waals surface area contributed by atoms with Gasteiger partial charge in [-0.3, -0.25) is 4.79 Å². The zero-order valence-corrected chi connectivity index (χ0v) is 12.8. The van der Waals surface area contributed by atoms with Gasteiger partial charge in [-0.05, 0) is 25.2 Å². The lowest BCUT2D eigenvalue weighted by Crippen LogP contribution is -2.46. The quantitative estimate of drug-likeness (QED) is 0.799. The van der Waals surface area contributed by atoms with Crippen molar-refractivity contribution in [3.63, 3.8) is 0 Å². The van der Waals surface area contributed by atoms with E-state index in [0.29, 0.717) is 11.4 Å². The van der Waals surface area contributed by atoms with E-state index < -0.39 is 0 Å². The van der Waals surface area contributed by atoms with E-state index in [1.54, 1.807) is 0 Å². The van der Waals surface area contributed by atoms with Crippen LogP contribution in [0.4, 0.5) is 0 Å². The fourth-order valence-corrected chi connectivity index (χ4v) is 3.08. The molecule has 2 N–H and O–H groups in total. The average Bonchev–Trinajstić information content (AvgIpc) is 2.25. The fourth-order valence-electron chi connectivity index (χ4n) is 2.84. The Bertz CT molecular complexity index is 328. The monoisotopic (exact) mass is 270 g/mol. The third-order valence-electron chi connectivity index (χ3n) is 4.31. The Balaban J connectivity index is 2.70. The number of hydrogen-bond acceptors (Lipinski definition) is 2. The number of thiocarbonyl (C=S) groups is 1. The minimum absolute atomic E-state index is 0.0905. The van der Waals surface area contributed by atoms with E-state index in [4.69, 9.17) is 18.0 Å². The molecule has 0 aromatic heterocycles. The van der Waals surface area contributed by atoms with E-state index in [9.17, 15) is 4.79 Å². The van der Waals surface area contributed by atoms with Crippen molar-refractivity contribution in [3.8, 4) is 0 Å². The Morgan fingerprint density at radius 2 is 2.11 bits per heavy atom. The van der Waals surface area contributed by atoms with Crippen LogP contribution >= 0.6 is 12.2 Å². The molecule has 0 bridgehead atoms. The average molecular weight is 270 g/mol. The summed E-state index contributed by atoms with van der Waals surface area (Å²) < 4.78 is 0. The number of rotatable bonds is 4. The van der Waals surface area contributed by atoms with E-state index in [2.05, 4.69) is 13.8 Å². The Morgan fingerprint density at radius 1 is 1.50 bits per heavy atom. The van der Waals surface area contributed by atoms with E-state index >= 15 is 0 Å². The van der Waals surface area contributed by atoms with Crippen molar-refractivity contribution in [2.24, 2.45) is 17.1 Å². The van der Waals surface area contributed by atoms with Crippen LogP contribution in [0.25, 0.3) is 0 Å². The maximum Gasteiger partial charge on any atom is 0.226 e. The van der Waals surface area contributed by atoms with E-state index in [1.807, 2.05) is 18.9 Å². The first-order chi connectivity index (χ1) is 8.25. The molecule has 0 aromatic carbocycles. The predicted molar refractivity (Wildman–Crippen MR) is 79.4 cm³/mol. The number of hydrogen-bond donors (Lipinski definition) is 1. The van der Waals surface area contributed by atoms with Crippen molar-refractivity contribution < 1.29 is 4.79 Å². The van der Waals surface area contributed by atoms with Crippen LogP contribution < -0.4 is 5.73 Å². The summed E-state index contributed by atoms with van der Waals surface area (Å²) in [4.78, 5) is 14.9. The van der Waals surface area contributed by atoms with E-state index in [0.717, 1.165) is 19.3 Å². The molecule has 1 aliphatic carbocycles. The highest BCUT2D eigenvalue weighted by Crippen LogP contribution is 2.41. The van der Waals surface area contributed by atoms with Crippen molar-refractivity contribution >= 4 is 23.1 Å². The number of amides is 1. The predicted octanol–water partition coefficient (Wildman–Crippen LogP) is 2.73. The zero-order chi connectivity index (χ0) is 13.9. The van der Waals surface area contributed by atoms with Crippen LogP contribution in [0.3, 0.4) is 0 Å².